The highest BCUT2D eigenvalue weighted by atomic mass is 32.2. The minimum absolute atomic E-state index is 0.369. The molecule has 0 saturated carbocycles. The number of hydrogen-bond acceptors (Lipinski definition) is 10. The molecule has 2 aromatic carbocycles. The highest BCUT2D eigenvalue weighted by molar-refractivity contribution is 7.97. The maximum atomic E-state index is 6.18. The molecule has 0 bridgehead atoms. The molecule has 1 aliphatic rings. The van der Waals surface area contributed by atoms with Gasteiger partial charge in [-0.1, -0.05) is 12.0 Å². The predicted octanol–water partition coefficient (Wildman–Crippen LogP) is 3.95. The molecule has 2 radical (unpaired) electrons. The molecule has 2 heterocycles. The highest BCUT2D eigenvalue weighted by Crippen LogP contribution is 2.32. The fourth-order valence-corrected chi connectivity index (χ4v) is 6.18. The van der Waals surface area contributed by atoms with Crippen molar-refractivity contribution in [1.29, 1.82) is 0 Å². The van der Waals surface area contributed by atoms with Crippen LogP contribution in [0.1, 0.15) is 18.5 Å². The van der Waals surface area contributed by atoms with Gasteiger partial charge in [0.05, 0.1) is 78.0 Å². The molecular formula is C35H51BN6O4S. The third-order valence-electron chi connectivity index (χ3n) is 8.02. The summed E-state index contributed by atoms with van der Waals surface area (Å²) in [6, 6.07) is 15.1. The lowest BCUT2D eigenvalue weighted by atomic mass is 10.0. The van der Waals surface area contributed by atoms with Gasteiger partial charge < -0.3 is 44.4 Å². The third kappa shape index (κ3) is 11.9. The van der Waals surface area contributed by atoms with Crippen LogP contribution in [0.15, 0.2) is 47.4 Å². The first-order valence-corrected chi connectivity index (χ1v) is 17.2. The number of hydrogen-bond donors (Lipinski definition) is 3. The summed E-state index contributed by atoms with van der Waals surface area (Å²) in [5.74, 6) is 7.39. The number of likely N-dealkylation sites (N-methyl/N-ethyl adjacent to an activating group) is 2. The molecule has 0 spiro atoms. The summed E-state index contributed by atoms with van der Waals surface area (Å²) in [7, 11) is 14.0. The van der Waals surface area contributed by atoms with Crippen molar-refractivity contribution in [2.24, 2.45) is 0 Å². The third-order valence-corrected chi connectivity index (χ3v) is 8.97. The first-order chi connectivity index (χ1) is 23.0. The highest BCUT2D eigenvalue weighted by Gasteiger charge is 2.18. The fourth-order valence-electron chi connectivity index (χ4n) is 5.37. The number of ether oxygens (including phenoxy) is 4. The van der Waals surface area contributed by atoms with E-state index in [9.17, 15) is 0 Å². The van der Waals surface area contributed by atoms with Gasteiger partial charge in [0.25, 0.3) is 0 Å². The van der Waals surface area contributed by atoms with Crippen molar-refractivity contribution in [3.8, 4) is 17.6 Å². The topological polar surface area (TPSA) is 84.4 Å². The Morgan fingerprint density at radius 1 is 0.979 bits per heavy atom. The number of nitrogens with one attached hydrogen (secondary N) is 3. The zero-order valence-corrected chi connectivity index (χ0v) is 29.3. The van der Waals surface area contributed by atoms with Gasteiger partial charge in [-0.2, -0.15) is 0 Å². The van der Waals surface area contributed by atoms with Gasteiger partial charge >= 0.3 is 0 Å². The monoisotopic (exact) mass is 662 g/mol. The van der Waals surface area contributed by atoms with Crippen molar-refractivity contribution in [2.75, 3.05) is 111 Å². The molecule has 4 rings (SSSR count). The second-order valence-electron chi connectivity index (χ2n) is 11.5. The predicted molar refractivity (Wildman–Crippen MR) is 195 cm³/mol. The number of fused-ring (bicyclic) bond motifs is 1. The van der Waals surface area contributed by atoms with Crippen LogP contribution < -0.4 is 20.7 Å². The van der Waals surface area contributed by atoms with E-state index in [0.29, 0.717) is 58.7 Å². The number of anilines is 2. The van der Waals surface area contributed by atoms with Crippen molar-refractivity contribution < 1.29 is 18.9 Å². The molecule has 12 heteroatoms. The van der Waals surface area contributed by atoms with Gasteiger partial charge in [-0.15, -0.1) is 0 Å². The number of rotatable bonds is 20. The van der Waals surface area contributed by atoms with Crippen molar-refractivity contribution >= 4 is 42.1 Å². The van der Waals surface area contributed by atoms with E-state index in [-0.39, 0.29) is 0 Å². The Morgan fingerprint density at radius 3 is 2.45 bits per heavy atom. The summed E-state index contributed by atoms with van der Waals surface area (Å²) < 4.78 is 26.6. The maximum Gasteiger partial charge on any atom is 0.143 e. The summed E-state index contributed by atoms with van der Waals surface area (Å²) in [5, 5.41) is 11.4. The van der Waals surface area contributed by atoms with E-state index in [1.54, 1.807) is 19.1 Å². The lowest BCUT2D eigenvalue weighted by molar-refractivity contribution is 0.0146. The van der Waals surface area contributed by atoms with Gasteiger partial charge in [-0.25, -0.2) is 4.31 Å². The minimum Gasteiger partial charge on any atom is -0.495 e. The second-order valence-corrected chi connectivity index (χ2v) is 12.8. The number of methoxy groups -OCH3 is 1. The van der Waals surface area contributed by atoms with Crippen LogP contribution in [0.5, 0.6) is 5.75 Å². The van der Waals surface area contributed by atoms with Crippen LogP contribution in [0.25, 0.3) is 10.9 Å². The zero-order chi connectivity index (χ0) is 33.3. The Labute approximate surface area is 286 Å². The zero-order valence-electron chi connectivity index (χ0n) is 28.5. The van der Waals surface area contributed by atoms with Crippen LogP contribution in [-0.4, -0.2) is 128 Å². The molecule has 10 nitrogen and oxygen atoms in total. The molecular weight excluding hydrogens is 611 g/mol. The SMILES string of the molecule is [B]Cn1c(C#CCNc2ccc(SN(C)CCOCCOCCOCCNC)cc2OC)cc2c(NC3CCN(C)CC3)cccc21. The van der Waals surface area contributed by atoms with Crippen LogP contribution in [0.3, 0.4) is 0 Å². The molecule has 1 fully saturated rings. The lowest BCUT2D eigenvalue weighted by Gasteiger charge is -2.30. The molecule has 3 N–H and O–H groups in total. The summed E-state index contributed by atoms with van der Waals surface area (Å²) in [5.41, 5.74) is 4.05. The number of aromatic nitrogens is 1. The van der Waals surface area contributed by atoms with Crippen LogP contribution >= 0.6 is 11.9 Å². The second kappa shape index (κ2) is 20.5. The summed E-state index contributed by atoms with van der Waals surface area (Å²) in [6.45, 7) is 7.97. The number of nitrogens with zero attached hydrogens (tertiary/aromatic N) is 3. The quantitative estimate of drug-likeness (QED) is 0.0717. The van der Waals surface area contributed by atoms with E-state index in [0.717, 1.165) is 77.6 Å². The van der Waals surface area contributed by atoms with E-state index in [1.165, 1.54) is 0 Å². The van der Waals surface area contributed by atoms with Crippen molar-refractivity contribution in [1.82, 2.24) is 19.1 Å². The van der Waals surface area contributed by atoms with E-state index in [2.05, 4.69) is 86.0 Å². The Bertz CT molecular complexity index is 1420. The average molecular weight is 663 g/mol. The van der Waals surface area contributed by atoms with Crippen LogP contribution in [0.4, 0.5) is 11.4 Å². The smallest absolute Gasteiger partial charge is 0.143 e. The molecule has 0 unspecified atom stereocenters. The molecule has 0 amide bonds. The largest absolute Gasteiger partial charge is 0.495 e. The van der Waals surface area contributed by atoms with Crippen LogP contribution in [-0.2, 0) is 20.7 Å². The molecule has 254 valence electrons. The molecule has 1 saturated heterocycles. The summed E-state index contributed by atoms with van der Waals surface area (Å²) in [4.78, 5) is 3.47. The van der Waals surface area contributed by atoms with E-state index < -0.39 is 0 Å². The van der Waals surface area contributed by atoms with Crippen LogP contribution in [0.2, 0.25) is 0 Å². The Hall–Kier alpha value is -2.89. The van der Waals surface area contributed by atoms with E-state index in [1.807, 2.05) is 19.2 Å². The molecule has 0 atom stereocenters. The van der Waals surface area contributed by atoms with E-state index >= 15 is 0 Å². The first kappa shape index (κ1) is 36.9. The normalized spacial score (nSPS) is 14.0. The first-order valence-electron chi connectivity index (χ1n) is 16.5. The average Bonchev–Trinajstić information content (AvgIpc) is 3.45. The van der Waals surface area contributed by atoms with Crippen molar-refractivity contribution in [2.45, 2.75) is 30.2 Å². The Balaban J connectivity index is 1.23. The number of likely N-dealkylation sites (tertiary alicyclic amines) is 1. The minimum atomic E-state index is 0.369. The standard InChI is InChI=1S/C35H51BN6O4S/c1-37-15-19-44-21-23-46-24-22-45-20-18-41(3)47-30-10-11-33(35(26-30)43-4)38-14-6-7-29-25-31-32(8-5-9-34(31)42(29)27-36)39-28-12-16-40(2)17-13-28/h5,8-11,25-26,28,37-39H,12-24,27H2,1-4H3. The number of piperidine rings is 1. The summed E-state index contributed by atoms with van der Waals surface area (Å²) >= 11 is 1.65. The van der Waals surface area contributed by atoms with Crippen molar-refractivity contribution in [3.05, 3.63) is 48.2 Å². The Kier molecular flexibility index (Phi) is 16.1. The van der Waals surface area contributed by atoms with Gasteiger partial charge in [0, 0.05) is 35.1 Å². The molecule has 1 aromatic heterocycles. The lowest BCUT2D eigenvalue weighted by Crippen LogP contribution is -2.36. The van der Waals surface area contributed by atoms with E-state index in [4.69, 9.17) is 26.8 Å². The number of benzene rings is 2. The molecule has 0 aliphatic carbocycles. The van der Waals surface area contributed by atoms with Gasteiger partial charge in [-0.3, -0.25) is 0 Å². The summed E-state index contributed by atoms with van der Waals surface area (Å²) in [6.07, 6.45) is 2.65. The van der Waals surface area contributed by atoms with Gasteiger partial charge in [0.1, 0.15) is 5.75 Å². The molecule has 1 aliphatic heterocycles. The van der Waals surface area contributed by atoms with Gasteiger partial charge in [-0.05, 0) is 108 Å². The maximum absolute atomic E-state index is 6.18. The van der Waals surface area contributed by atoms with Gasteiger partial charge in [0.2, 0.25) is 0 Å². The van der Waals surface area contributed by atoms with Crippen LogP contribution in [0, 0.1) is 11.8 Å². The Morgan fingerprint density at radius 2 is 1.72 bits per heavy atom. The fraction of sp³-hybridized carbons (Fsp3) is 0.543. The van der Waals surface area contributed by atoms with Crippen molar-refractivity contribution in [3.63, 3.8) is 0 Å². The molecule has 3 aromatic rings. The van der Waals surface area contributed by atoms with Gasteiger partial charge in [0.15, 0.2) is 0 Å². The molecule has 47 heavy (non-hydrogen) atoms.